The Kier molecular flexibility index (Phi) is 3.52. The van der Waals surface area contributed by atoms with Crippen LogP contribution < -0.4 is 0 Å². The lowest BCUT2D eigenvalue weighted by Gasteiger charge is -2.05. The van der Waals surface area contributed by atoms with Crippen LogP contribution in [0.3, 0.4) is 0 Å². The fraction of sp³-hybridized carbons (Fsp3) is 0.364. The van der Waals surface area contributed by atoms with E-state index in [4.69, 9.17) is 0 Å². The third-order valence-corrected chi connectivity index (χ3v) is 1.92. The van der Waals surface area contributed by atoms with Crippen molar-refractivity contribution in [3.05, 3.63) is 35.5 Å². The van der Waals surface area contributed by atoms with Gasteiger partial charge in [-0.2, -0.15) is 0 Å². The smallest absolute Gasteiger partial charge is 0.0277 e. The topological polar surface area (TPSA) is 12.4 Å². The molecule has 64 valence electrons. The summed E-state index contributed by atoms with van der Waals surface area (Å²) in [6.07, 6.45) is 12.9. The van der Waals surface area contributed by atoms with E-state index in [0.717, 1.165) is 0 Å². The van der Waals surface area contributed by atoms with Gasteiger partial charge in [0.05, 0.1) is 0 Å². The van der Waals surface area contributed by atoms with Crippen molar-refractivity contribution < 1.29 is 0 Å². The number of hydrogen-bond donors (Lipinski definition) is 0. The van der Waals surface area contributed by atoms with Crippen molar-refractivity contribution in [2.24, 2.45) is 4.99 Å². The van der Waals surface area contributed by atoms with Gasteiger partial charge in [-0.25, -0.2) is 0 Å². The monoisotopic (exact) mass is 161 g/mol. The molecule has 12 heavy (non-hydrogen) atoms. The van der Waals surface area contributed by atoms with Crippen molar-refractivity contribution in [1.29, 1.82) is 0 Å². The molecule has 0 spiro atoms. The van der Waals surface area contributed by atoms with Gasteiger partial charge < -0.3 is 0 Å². The SMILES string of the molecule is C/N=C/C=C(/C)C1=CCCC=C1. The maximum Gasteiger partial charge on any atom is 0.0277 e. The second-order valence-corrected chi connectivity index (χ2v) is 2.90. The van der Waals surface area contributed by atoms with Gasteiger partial charge in [-0.15, -0.1) is 0 Å². The molecule has 1 aliphatic rings. The van der Waals surface area contributed by atoms with E-state index in [2.05, 4.69) is 30.1 Å². The predicted octanol–water partition coefficient (Wildman–Crippen LogP) is 2.91. The summed E-state index contributed by atoms with van der Waals surface area (Å²) in [5.74, 6) is 0. The third kappa shape index (κ3) is 2.50. The first kappa shape index (κ1) is 8.98. The van der Waals surface area contributed by atoms with Crippen LogP contribution in [0.25, 0.3) is 0 Å². The largest absolute Gasteiger partial charge is 0.297 e. The van der Waals surface area contributed by atoms with Gasteiger partial charge in [0.25, 0.3) is 0 Å². The Hall–Kier alpha value is -1.11. The highest BCUT2D eigenvalue weighted by molar-refractivity contribution is 5.73. The van der Waals surface area contributed by atoms with E-state index in [-0.39, 0.29) is 0 Å². The van der Waals surface area contributed by atoms with Crippen LogP contribution in [0.5, 0.6) is 0 Å². The van der Waals surface area contributed by atoms with Gasteiger partial charge in [0.1, 0.15) is 0 Å². The maximum atomic E-state index is 3.92. The molecule has 1 nitrogen and oxygen atoms in total. The highest BCUT2D eigenvalue weighted by Gasteiger charge is 1.97. The summed E-state index contributed by atoms with van der Waals surface area (Å²) in [5, 5.41) is 0. The molecule has 1 heteroatoms. The molecule has 0 N–H and O–H groups in total. The van der Waals surface area contributed by atoms with Crippen molar-refractivity contribution in [1.82, 2.24) is 0 Å². The van der Waals surface area contributed by atoms with Crippen LogP contribution in [0.1, 0.15) is 19.8 Å². The van der Waals surface area contributed by atoms with Gasteiger partial charge in [0.15, 0.2) is 0 Å². The van der Waals surface area contributed by atoms with Crippen LogP contribution in [-0.4, -0.2) is 13.3 Å². The number of nitrogens with zero attached hydrogens (tertiary/aromatic N) is 1. The Bertz CT molecular complexity index is 254. The molecular weight excluding hydrogens is 146 g/mol. The lowest BCUT2D eigenvalue weighted by Crippen LogP contribution is -1.87. The average molecular weight is 161 g/mol. The van der Waals surface area contributed by atoms with E-state index in [1.165, 1.54) is 24.0 Å². The average Bonchev–Trinajstić information content (AvgIpc) is 2.15. The molecule has 0 saturated carbocycles. The molecule has 0 aromatic carbocycles. The molecule has 1 aliphatic carbocycles. The fourth-order valence-electron chi connectivity index (χ4n) is 1.19. The van der Waals surface area contributed by atoms with Crippen molar-refractivity contribution in [3.8, 4) is 0 Å². The Morgan fingerprint density at radius 1 is 1.50 bits per heavy atom. The quantitative estimate of drug-likeness (QED) is 0.552. The van der Waals surface area contributed by atoms with Gasteiger partial charge in [-0.1, -0.05) is 18.2 Å². The zero-order valence-electron chi connectivity index (χ0n) is 7.75. The van der Waals surface area contributed by atoms with E-state index in [0.29, 0.717) is 0 Å². The molecule has 1 rings (SSSR count). The van der Waals surface area contributed by atoms with Gasteiger partial charge in [0.2, 0.25) is 0 Å². The highest BCUT2D eigenvalue weighted by atomic mass is 14.6. The molecule has 0 aromatic rings. The van der Waals surface area contributed by atoms with E-state index in [1.807, 2.05) is 12.3 Å². The Morgan fingerprint density at radius 3 is 2.92 bits per heavy atom. The molecule has 0 amide bonds. The first-order valence-electron chi connectivity index (χ1n) is 4.30. The Balaban J connectivity index is 2.69. The van der Waals surface area contributed by atoms with E-state index < -0.39 is 0 Å². The van der Waals surface area contributed by atoms with Crippen LogP contribution >= 0.6 is 0 Å². The molecule has 0 saturated heterocycles. The van der Waals surface area contributed by atoms with Crippen LogP contribution in [0.2, 0.25) is 0 Å². The minimum atomic E-state index is 1.17. The molecule has 0 unspecified atom stereocenters. The summed E-state index contributed by atoms with van der Waals surface area (Å²) in [4.78, 5) is 3.92. The predicted molar refractivity (Wildman–Crippen MR) is 54.6 cm³/mol. The van der Waals surface area contributed by atoms with Crippen LogP contribution in [0.4, 0.5) is 0 Å². The first-order chi connectivity index (χ1) is 5.84. The number of allylic oxidation sites excluding steroid dienone is 6. The molecule has 0 radical (unpaired) electrons. The molecule has 0 bridgehead atoms. The molecular formula is C11H15N. The van der Waals surface area contributed by atoms with Crippen LogP contribution in [0.15, 0.2) is 40.4 Å². The molecule has 0 aromatic heterocycles. The third-order valence-electron chi connectivity index (χ3n) is 1.92. The maximum absolute atomic E-state index is 3.92. The molecule has 0 aliphatic heterocycles. The summed E-state index contributed by atoms with van der Waals surface area (Å²) in [6, 6.07) is 0. The summed E-state index contributed by atoms with van der Waals surface area (Å²) in [7, 11) is 1.79. The summed E-state index contributed by atoms with van der Waals surface area (Å²) in [6.45, 7) is 2.11. The zero-order valence-corrected chi connectivity index (χ0v) is 7.75. The number of aliphatic imine (C=N–C) groups is 1. The number of hydrogen-bond acceptors (Lipinski definition) is 1. The van der Waals surface area contributed by atoms with Crippen molar-refractivity contribution in [3.63, 3.8) is 0 Å². The van der Waals surface area contributed by atoms with Gasteiger partial charge in [0, 0.05) is 13.3 Å². The van der Waals surface area contributed by atoms with E-state index >= 15 is 0 Å². The lowest BCUT2D eigenvalue weighted by molar-refractivity contribution is 1.02. The normalized spacial score (nSPS) is 18.5. The highest BCUT2D eigenvalue weighted by Crippen LogP contribution is 2.16. The molecule has 0 heterocycles. The summed E-state index contributed by atoms with van der Waals surface area (Å²) in [5.41, 5.74) is 2.62. The molecule has 0 fully saturated rings. The van der Waals surface area contributed by atoms with Crippen molar-refractivity contribution in [2.75, 3.05) is 7.05 Å². The molecule has 0 atom stereocenters. The second-order valence-electron chi connectivity index (χ2n) is 2.90. The lowest BCUT2D eigenvalue weighted by atomic mass is 10.0. The number of rotatable bonds is 2. The van der Waals surface area contributed by atoms with Crippen LogP contribution in [0, 0.1) is 0 Å². The van der Waals surface area contributed by atoms with Gasteiger partial charge in [-0.3, -0.25) is 4.99 Å². The van der Waals surface area contributed by atoms with Gasteiger partial charge >= 0.3 is 0 Å². The zero-order chi connectivity index (χ0) is 8.81. The Labute approximate surface area is 74.2 Å². The summed E-state index contributed by atoms with van der Waals surface area (Å²) >= 11 is 0. The Morgan fingerprint density at radius 2 is 2.33 bits per heavy atom. The second kappa shape index (κ2) is 4.70. The van der Waals surface area contributed by atoms with E-state index in [1.54, 1.807) is 7.05 Å². The van der Waals surface area contributed by atoms with Crippen molar-refractivity contribution in [2.45, 2.75) is 19.8 Å². The minimum absolute atomic E-state index is 1.17. The van der Waals surface area contributed by atoms with Crippen molar-refractivity contribution >= 4 is 6.21 Å². The first-order valence-corrected chi connectivity index (χ1v) is 4.30. The van der Waals surface area contributed by atoms with Gasteiger partial charge in [-0.05, 0) is 37.0 Å². The fourth-order valence-corrected chi connectivity index (χ4v) is 1.19. The summed E-state index contributed by atoms with van der Waals surface area (Å²) < 4.78 is 0. The minimum Gasteiger partial charge on any atom is -0.297 e. The standard InChI is InChI=1S/C11H15N/c1-10(8-9-12-2)11-6-4-3-5-7-11/h4,6-9H,3,5H2,1-2H3/b10-8-,12-9+. The van der Waals surface area contributed by atoms with Crippen LogP contribution in [-0.2, 0) is 0 Å². The van der Waals surface area contributed by atoms with E-state index in [9.17, 15) is 0 Å².